The highest BCUT2D eigenvalue weighted by Crippen LogP contribution is 2.11. The summed E-state index contributed by atoms with van der Waals surface area (Å²) in [7, 11) is 0. The molecule has 0 saturated carbocycles. The van der Waals surface area contributed by atoms with Crippen molar-refractivity contribution >= 4 is 5.91 Å². The molecule has 1 unspecified atom stereocenters. The van der Waals surface area contributed by atoms with Crippen LogP contribution < -0.4 is 10.6 Å². The Labute approximate surface area is 115 Å². The van der Waals surface area contributed by atoms with E-state index in [1.54, 1.807) is 0 Å². The summed E-state index contributed by atoms with van der Waals surface area (Å²) in [5, 5.41) is 6.38. The van der Waals surface area contributed by atoms with E-state index >= 15 is 0 Å². The molecule has 2 N–H and O–H groups in total. The zero-order valence-electron chi connectivity index (χ0n) is 11.7. The van der Waals surface area contributed by atoms with Gasteiger partial charge in [-0.2, -0.15) is 0 Å². The van der Waals surface area contributed by atoms with Gasteiger partial charge in [0.05, 0.1) is 0 Å². The van der Waals surface area contributed by atoms with E-state index in [0.29, 0.717) is 6.42 Å². The minimum atomic E-state index is 0.174. The van der Waals surface area contributed by atoms with Crippen molar-refractivity contribution in [1.82, 2.24) is 10.6 Å². The summed E-state index contributed by atoms with van der Waals surface area (Å²) < 4.78 is 0. The van der Waals surface area contributed by atoms with Crippen molar-refractivity contribution in [2.75, 3.05) is 19.6 Å². The van der Waals surface area contributed by atoms with Crippen LogP contribution in [-0.2, 0) is 11.2 Å². The van der Waals surface area contributed by atoms with Crippen LogP contribution >= 0.6 is 0 Å². The first-order valence-electron chi connectivity index (χ1n) is 7.27. The second kappa shape index (κ2) is 7.29. The highest BCUT2D eigenvalue weighted by Gasteiger charge is 2.13. The molecule has 0 spiro atoms. The molecule has 2 rings (SSSR count). The van der Waals surface area contributed by atoms with Crippen LogP contribution in [0.1, 0.15) is 30.4 Å². The second-order valence-corrected chi connectivity index (χ2v) is 5.49. The van der Waals surface area contributed by atoms with Crippen LogP contribution in [0.2, 0.25) is 0 Å². The summed E-state index contributed by atoms with van der Waals surface area (Å²) in [4.78, 5) is 11.7. The van der Waals surface area contributed by atoms with Crippen LogP contribution in [0.5, 0.6) is 0 Å². The van der Waals surface area contributed by atoms with Gasteiger partial charge in [0.1, 0.15) is 0 Å². The lowest BCUT2D eigenvalue weighted by Gasteiger charge is -2.09. The van der Waals surface area contributed by atoms with Gasteiger partial charge < -0.3 is 10.6 Å². The van der Waals surface area contributed by atoms with E-state index < -0.39 is 0 Å². The van der Waals surface area contributed by atoms with Crippen molar-refractivity contribution in [2.45, 2.75) is 32.6 Å². The molecule has 19 heavy (non-hydrogen) atoms. The molecule has 3 nitrogen and oxygen atoms in total. The Morgan fingerprint density at radius 3 is 3.11 bits per heavy atom. The van der Waals surface area contributed by atoms with Gasteiger partial charge in [-0.1, -0.05) is 29.8 Å². The van der Waals surface area contributed by atoms with E-state index in [4.69, 9.17) is 0 Å². The number of carbonyl (C=O) groups is 1. The van der Waals surface area contributed by atoms with Gasteiger partial charge >= 0.3 is 0 Å². The molecular formula is C16H24N2O. The van der Waals surface area contributed by atoms with Crippen LogP contribution in [0.25, 0.3) is 0 Å². The molecule has 0 radical (unpaired) electrons. The zero-order chi connectivity index (χ0) is 13.5. The average molecular weight is 260 g/mol. The highest BCUT2D eigenvalue weighted by molar-refractivity contribution is 5.76. The summed E-state index contributed by atoms with van der Waals surface area (Å²) in [5.74, 6) is 0.921. The SMILES string of the molecule is Cc1cccc(CCC(=O)NCCC2CCNC2)c1. The van der Waals surface area contributed by atoms with Gasteiger partial charge in [0, 0.05) is 13.0 Å². The fourth-order valence-corrected chi connectivity index (χ4v) is 2.59. The molecule has 1 aromatic rings. The predicted molar refractivity (Wildman–Crippen MR) is 78.1 cm³/mol. The van der Waals surface area contributed by atoms with Crippen LogP contribution in [-0.4, -0.2) is 25.5 Å². The summed E-state index contributed by atoms with van der Waals surface area (Å²) in [6.45, 7) is 5.14. The third kappa shape index (κ3) is 5.03. The van der Waals surface area contributed by atoms with Gasteiger partial charge in [-0.05, 0) is 50.8 Å². The van der Waals surface area contributed by atoms with Gasteiger partial charge in [-0.25, -0.2) is 0 Å². The van der Waals surface area contributed by atoms with Gasteiger partial charge in [-0.15, -0.1) is 0 Å². The van der Waals surface area contributed by atoms with Crippen LogP contribution in [0, 0.1) is 12.8 Å². The second-order valence-electron chi connectivity index (χ2n) is 5.49. The van der Waals surface area contributed by atoms with Crippen molar-refractivity contribution in [3.05, 3.63) is 35.4 Å². The molecule has 0 aromatic heterocycles. The molecular weight excluding hydrogens is 236 g/mol. The number of rotatable bonds is 6. The molecule has 1 aromatic carbocycles. The third-order valence-corrected chi connectivity index (χ3v) is 3.76. The first-order chi connectivity index (χ1) is 9.24. The molecule has 1 heterocycles. The van der Waals surface area contributed by atoms with Crippen LogP contribution in [0.4, 0.5) is 0 Å². The number of nitrogens with one attached hydrogen (secondary N) is 2. The maximum atomic E-state index is 11.7. The van der Waals surface area contributed by atoms with Gasteiger partial charge in [0.25, 0.3) is 0 Å². The summed E-state index contributed by atoms with van der Waals surface area (Å²) in [5.41, 5.74) is 2.50. The molecule has 1 fully saturated rings. The average Bonchev–Trinajstić information content (AvgIpc) is 2.90. The Bertz CT molecular complexity index is 411. The fraction of sp³-hybridized carbons (Fsp3) is 0.562. The zero-order valence-corrected chi connectivity index (χ0v) is 11.7. The Kier molecular flexibility index (Phi) is 5.40. The summed E-state index contributed by atoms with van der Waals surface area (Å²) >= 11 is 0. The van der Waals surface area contributed by atoms with Crippen molar-refractivity contribution in [2.24, 2.45) is 5.92 Å². The predicted octanol–water partition coefficient (Wildman–Crippen LogP) is 2.04. The number of benzene rings is 1. The van der Waals surface area contributed by atoms with E-state index in [-0.39, 0.29) is 5.91 Å². The molecule has 1 aliphatic heterocycles. The molecule has 1 amide bonds. The monoisotopic (exact) mass is 260 g/mol. The van der Waals surface area contributed by atoms with Gasteiger partial charge in [0.2, 0.25) is 5.91 Å². The maximum Gasteiger partial charge on any atom is 0.220 e. The number of hydrogen-bond donors (Lipinski definition) is 2. The Hall–Kier alpha value is -1.35. The Morgan fingerprint density at radius 1 is 1.47 bits per heavy atom. The molecule has 104 valence electrons. The first-order valence-corrected chi connectivity index (χ1v) is 7.27. The molecule has 1 atom stereocenters. The third-order valence-electron chi connectivity index (χ3n) is 3.76. The number of carbonyl (C=O) groups excluding carboxylic acids is 1. The quantitative estimate of drug-likeness (QED) is 0.822. The topological polar surface area (TPSA) is 41.1 Å². The fourth-order valence-electron chi connectivity index (χ4n) is 2.59. The molecule has 0 bridgehead atoms. The minimum absolute atomic E-state index is 0.174. The van der Waals surface area contributed by atoms with E-state index in [9.17, 15) is 4.79 Å². The van der Waals surface area contributed by atoms with Crippen molar-refractivity contribution in [1.29, 1.82) is 0 Å². The van der Waals surface area contributed by atoms with Gasteiger partial charge in [0.15, 0.2) is 0 Å². The van der Waals surface area contributed by atoms with Gasteiger partial charge in [-0.3, -0.25) is 4.79 Å². The van der Waals surface area contributed by atoms with E-state index in [0.717, 1.165) is 38.4 Å². The molecule has 1 saturated heterocycles. The van der Waals surface area contributed by atoms with Crippen LogP contribution in [0.3, 0.4) is 0 Å². The number of amides is 1. The van der Waals surface area contributed by atoms with Crippen molar-refractivity contribution < 1.29 is 4.79 Å². The Balaban J connectivity index is 1.61. The molecule has 0 aliphatic carbocycles. The number of aryl methyl sites for hydroxylation is 2. The summed E-state index contributed by atoms with van der Waals surface area (Å²) in [6, 6.07) is 8.37. The lowest BCUT2D eigenvalue weighted by Crippen LogP contribution is -2.26. The summed E-state index contributed by atoms with van der Waals surface area (Å²) in [6.07, 6.45) is 3.77. The normalized spacial score (nSPS) is 18.5. The molecule has 3 heteroatoms. The lowest BCUT2D eigenvalue weighted by molar-refractivity contribution is -0.121. The standard InChI is InChI=1S/C16H24N2O/c1-13-3-2-4-14(11-13)5-6-16(19)18-10-8-15-7-9-17-12-15/h2-4,11,15,17H,5-10,12H2,1H3,(H,18,19). The highest BCUT2D eigenvalue weighted by atomic mass is 16.1. The first kappa shape index (κ1) is 14.1. The largest absolute Gasteiger partial charge is 0.356 e. The van der Waals surface area contributed by atoms with Crippen LogP contribution in [0.15, 0.2) is 24.3 Å². The van der Waals surface area contributed by atoms with Crippen molar-refractivity contribution in [3.8, 4) is 0 Å². The lowest BCUT2D eigenvalue weighted by atomic mass is 10.0. The van der Waals surface area contributed by atoms with E-state index in [1.165, 1.54) is 17.5 Å². The Morgan fingerprint density at radius 2 is 2.37 bits per heavy atom. The van der Waals surface area contributed by atoms with Crippen molar-refractivity contribution in [3.63, 3.8) is 0 Å². The number of hydrogen-bond acceptors (Lipinski definition) is 2. The van der Waals surface area contributed by atoms with E-state index in [2.05, 4.69) is 41.8 Å². The van der Waals surface area contributed by atoms with E-state index in [1.807, 2.05) is 0 Å². The maximum absolute atomic E-state index is 11.7. The molecule has 1 aliphatic rings. The smallest absolute Gasteiger partial charge is 0.220 e. The minimum Gasteiger partial charge on any atom is -0.356 e.